The quantitative estimate of drug-likeness (QED) is 0.378. The summed E-state index contributed by atoms with van der Waals surface area (Å²) < 4.78 is 5.09. The number of anilines is 1. The van der Waals surface area contributed by atoms with Crippen molar-refractivity contribution < 1.29 is 19.1 Å². The summed E-state index contributed by atoms with van der Waals surface area (Å²) in [5.74, 6) is -1.12. The summed E-state index contributed by atoms with van der Waals surface area (Å²) in [7, 11) is 1.51. The highest BCUT2D eigenvalue weighted by atomic mass is 32.2. The summed E-state index contributed by atoms with van der Waals surface area (Å²) >= 11 is 2.31. The number of aromatic amines is 1. The lowest BCUT2D eigenvalue weighted by atomic mass is 10.1. The Morgan fingerprint density at radius 2 is 2.03 bits per heavy atom. The predicted molar refractivity (Wildman–Crippen MR) is 119 cm³/mol. The van der Waals surface area contributed by atoms with E-state index >= 15 is 0 Å². The largest absolute Gasteiger partial charge is 0.462 e. The van der Waals surface area contributed by atoms with Crippen molar-refractivity contribution in [1.29, 1.82) is 0 Å². The van der Waals surface area contributed by atoms with Gasteiger partial charge in [-0.05, 0) is 44.0 Å². The summed E-state index contributed by atoms with van der Waals surface area (Å²) in [6.07, 6.45) is 0. The molecule has 0 radical (unpaired) electrons. The fourth-order valence-corrected chi connectivity index (χ4v) is 4.69. The summed E-state index contributed by atoms with van der Waals surface area (Å²) in [5.41, 5.74) is 3.54. The molecule has 1 aromatic carbocycles. The van der Waals surface area contributed by atoms with Crippen molar-refractivity contribution in [2.75, 3.05) is 24.7 Å². The molecule has 0 aliphatic heterocycles. The lowest BCUT2D eigenvalue weighted by Gasteiger charge is -2.06. The van der Waals surface area contributed by atoms with Gasteiger partial charge >= 0.3 is 5.97 Å². The monoisotopic (exact) mass is 446 g/mol. The van der Waals surface area contributed by atoms with Crippen LogP contribution in [-0.2, 0) is 9.53 Å². The zero-order valence-electron chi connectivity index (χ0n) is 17.0. The summed E-state index contributed by atoms with van der Waals surface area (Å²) in [5, 5.41) is 6.21. The number of nitrogens with zero attached hydrogens (tertiary/aromatic N) is 1. The summed E-state index contributed by atoms with van der Waals surface area (Å²) in [6.45, 7) is 5.55. The smallest absolute Gasteiger partial charge is 0.341 e. The number of amides is 2. The zero-order chi connectivity index (χ0) is 21.8. The highest BCUT2D eigenvalue weighted by molar-refractivity contribution is 7.99. The number of carbonyl (C=O) groups excluding carboxylic acids is 3. The molecule has 158 valence electrons. The van der Waals surface area contributed by atoms with Crippen LogP contribution in [0.1, 0.15) is 38.1 Å². The second kappa shape index (κ2) is 9.31. The second-order valence-corrected chi connectivity index (χ2v) is 8.44. The zero-order valence-corrected chi connectivity index (χ0v) is 18.7. The van der Waals surface area contributed by atoms with Crippen LogP contribution in [0.5, 0.6) is 0 Å². The van der Waals surface area contributed by atoms with E-state index < -0.39 is 5.97 Å². The van der Waals surface area contributed by atoms with Crippen molar-refractivity contribution in [3.63, 3.8) is 0 Å². The number of imidazole rings is 1. The van der Waals surface area contributed by atoms with Gasteiger partial charge in [0.05, 0.1) is 33.8 Å². The Hall–Kier alpha value is -2.85. The van der Waals surface area contributed by atoms with E-state index in [0.29, 0.717) is 20.6 Å². The van der Waals surface area contributed by atoms with Gasteiger partial charge in [-0.15, -0.1) is 11.3 Å². The molecule has 8 nitrogen and oxygen atoms in total. The SMILES string of the molecule is CCOC(=O)c1c(NC(=O)CSc2nc3ccc(C)cc3[nH]2)sc(C(=O)NC)c1C. The Balaban J connectivity index is 1.75. The minimum Gasteiger partial charge on any atom is -0.462 e. The lowest BCUT2D eigenvalue weighted by Crippen LogP contribution is -2.18. The first-order valence-electron chi connectivity index (χ1n) is 9.25. The predicted octanol–water partition coefficient (Wildman–Crippen LogP) is 3.51. The third-order valence-corrected chi connectivity index (χ3v) is 6.35. The van der Waals surface area contributed by atoms with Gasteiger partial charge in [-0.25, -0.2) is 9.78 Å². The maximum absolute atomic E-state index is 12.5. The average Bonchev–Trinajstić information content (AvgIpc) is 3.26. The van der Waals surface area contributed by atoms with Gasteiger partial charge < -0.3 is 20.4 Å². The molecule has 2 aromatic heterocycles. The van der Waals surface area contributed by atoms with E-state index in [9.17, 15) is 14.4 Å². The first-order chi connectivity index (χ1) is 14.3. The standard InChI is InChI=1S/C20H22N4O4S2/c1-5-28-19(27)15-11(3)16(17(26)21-4)30-18(15)24-14(25)9-29-20-22-12-7-6-10(2)8-13(12)23-20/h6-8H,5,9H2,1-4H3,(H,21,26)(H,22,23)(H,24,25). The van der Waals surface area contributed by atoms with Crippen LogP contribution in [0.25, 0.3) is 11.0 Å². The molecule has 0 bridgehead atoms. The third kappa shape index (κ3) is 4.65. The molecule has 0 unspecified atom stereocenters. The topological polar surface area (TPSA) is 113 Å². The Bertz CT molecular complexity index is 1120. The first-order valence-corrected chi connectivity index (χ1v) is 11.1. The van der Waals surface area contributed by atoms with Crippen LogP contribution in [-0.4, -0.2) is 47.2 Å². The number of benzene rings is 1. The van der Waals surface area contributed by atoms with Crippen molar-refractivity contribution in [1.82, 2.24) is 15.3 Å². The van der Waals surface area contributed by atoms with Crippen LogP contribution in [0.15, 0.2) is 23.4 Å². The maximum Gasteiger partial charge on any atom is 0.341 e. The number of thiophene rings is 1. The molecule has 0 aliphatic carbocycles. The minimum atomic E-state index is -0.572. The van der Waals surface area contributed by atoms with Crippen molar-refractivity contribution in [2.45, 2.75) is 25.9 Å². The van der Waals surface area contributed by atoms with E-state index in [0.717, 1.165) is 27.9 Å². The third-order valence-electron chi connectivity index (χ3n) is 4.27. The summed E-state index contributed by atoms with van der Waals surface area (Å²) in [4.78, 5) is 45.0. The van der Waals surface area contributed by atoms with E-state index in [4.69, 9.17) is 4.74 Å². The fourth-order valence-electron chi connectivity index (χ4n) is 2.85. The fraction of sp³-hybridized carbons (Fsp3) is 0.300. The number of fused-ring (bicyclic) bond motifs is 1. The molecule has 3 rings (SSSR count). The average molecular weight is 447 g/mol. The van der Waals surface area contributed by atoms with Gasteiger partial charge in [0.25, 0.3) is 5.91 Å². The van der Waals surface area contributed by atoms with Gasteiger partial charge in [0, 0.05) is 7.05 Å². The lowest BCUT2D eigenvalue weighted by molar-refractivity contribution is -0.113. The van der Waals surface area contributed by atoms with Gasteiger partial charge in [0.1, 0.15) is 5.00 Å². The van der Waals surface area contributed by atoms with Crippen LogP contribution in [0.4, 0.5) is 5.00 Å². The van der Waals surface area contributed by atoms with Crippen molar-refractivity contribution in [2.24, 2.45) is 0 Å². The molecule has 0 saturated carbocycles. The number of nitrogens with one attached hydrogen (secondary N) is 3. The molecule has 3 N–H and O–H groups in total. The number of esters is 1. The van der Waals surface area contributed by atoms with E-state index in [1.807, 2.05) is 25.1 Å². The van der Waals surface area contributed by atoms with Gasteiger partial charge in [-0.3, -0.25) is 9.59 Å². The highest BCUT2D eigenvalue weighted by Crippen LogP contribution is 2.34. The van der Waals surface area contributed by atoms with Gasteiger partial charge in [-0.1, -0.05) is 17.8 Å². The maximum atomic E-state index is 12.5. The van der Waals surface area contributed by atoms with Crippen LogP contribution in [0.2, 0.25) is 0 Å². The van der Waals surface area contributed by atoms with E-state index in [2.05, 4.69) is 20.6 Å². The van der Waals surface area contributed by atoms with Gasteiger partial charge in [0.15, 0.2) is 5.16 Å². The molecular formula is C20H22N4O4S2. The van der Waals surface area contributed by atoms with Gasteiger partial charge in [0.2, 0.25) is 5.91 Å². The molecule has 3 aromatic rings. The molecule has 2 heterocycles. The molecular weight excluding hydrogens is 424 g/mol. The number of thioether (sulfide) groups is 1. The number of H-pyrrole nitrogens is 1. The molecule has 0 saturated heterocycles. The number of aromatic nitrogens is 2. The number of hydrogen-bond acceptors (Lipinski definition) is 7. The van der Waals surface area contributed by atoms with E-state index in [1.165, 1.54) is 18.8 Å². The number of rotatable bonds is 7. The Morgan fingerprint density at radius 3 is 2.73 bits per heavy atom. The molecule has 2 amide bonds. The normalized spacial score (nSPS) is 10.8. The molecule has 0 atom stereocenters. The van der Waals surface area contributed by atoms with Crippen LogP contribution >= 0.6 is 23.1 Å². The molecule has 0 aliphatic rings. The Kier molecular flexibility index (Phi) is 6.78. The number of hydrogen-bond donors (Lipinski definition) is 3. The van der Waals surface area contributed by atoms with Crippen LogP contribution in [0, 0.1) is 13.8 Å². The minimum absolute atomic E-state index is 0.0906. The highest BCUT2D eigenvalue weighted by Gasteiger charge is 2.26. The van der Waals surface area contributed by atoms with Crippen molar-refractivity contribution in [3.05, 3.63) is 39.8 Å². The van der Waals surface area contributed by atoms with Crippen LogP contribution < -0.4 is 10.6 Å². The second-order valence-electron chi connectivity index (χ2n) is 6.46. The van der Waals surface area contributed by atoms with Crippen LogP contribution in [0.3, 0.4) is 0 Å². The molecule has 10 heteroatoms. The van der Waals surface area contributed by atoms with E-state index in [1.54, 1.807) is 13.8 Å². The van der Waals surface area contributed by atoms with Crippen molar-refractivity contribution >= 4 is 56.9 Å². The molecule has 30 heavy (non-hydrogen) atoms. The Morgan fingerprint density at radius 1 is 1.27 bits per heavy atom. The number of carbonyl (C=O) groups is 3. The van der Waals surface area contributed by atoms with Gasteiger partial charge in [-0.2, -0.15) is 0 Å². The molecule has 0 spiro atoms. The first kappa shape index (κ1) is 21.8. The van der Waals surface area contributed by atoms with E-state index in [-0.39, 0.29) is 29.7 Å². The molecule has 0 fully saturated rings. The number of ether oxygens (including phenoxy) is 1. The Labute approximate surface area is 181 Å². The number of aryl methyl sites for hydroxylation is 1. The van der Waals surface area contributed by atoms with Crippen molar-refractivity contribution in [3.8, 4) is 0 Å². The summed E-state index contributed by atoms with van der Waals surface area (Å²) in [6, 6.07) is 5.89.